The van der Waals surface area contributed by atoms with E-state index in [1.165, 1.54) is 11.1 Å². The fourth-order valence-corrected chi connectivity index (χ4v) is 1.91. The highest BCUT2D eigenvalue weighted by Crippen LogP contribution is 2.35. The third-order valence-corrected chi connectivity index (χ3v) is 2.90. The minimum absolute atomic E-state index is 0.0973. The molecule has 1 atom stereocenters. The molecule has 78 valence electrons. The lowest BCUT2D eigenvalue weighted by Crippen LogP contribution is -2.20. The van der Waals surface area contributed by atoms with Crippen LogP contribution in [0.15, 0.2) is 48.6 Å². The molecule has 1 heteroatoms. The van der Waals surface area contributed by atoms with Crippen molar-refractivity contribution in [3.8, 4) is 0 Å². The van der Waals surface area contributed by atoms with Crippen molar-refractivity contribution in [2.45, 2.75) is 13.3 Å². The van der Waals surface area contributed by atoms with E-state index in [9.17, 15) is 5.11 Å². The van der Waals surface area contributed by atoms with Crippen molar-refractivity contribution in [1.29, 1.82) is 0 Å². The van der Waals surface area contributed by atoms with Crippen molar-refractivity contribution in [2.75, 3.05) is 6.61 Å². The molecule has 0 spiro atoms. The van der Waals surface area contributed by atoms with E-state index in [0.29, 0.717) is 0 Å². The summed E-state index contributed by atoms with van der Waals surface area (Å²) >= 11 is 0. The van der Waals surface area contributed by atoms with E-state index in [1.807, 2.05) is 24.3 Å². The molecule has 0 amide bonds. The van der Waals surface area contributed by atoms with Gasteiger partial charge in [-0.3, -0.25) is 0 Å². The van der Waals surface area contributed by atoms with Crippen LogP contribution in [-0.4, -0.2) is 11.7 Å². The van der Waals surface area contributed by atoms with Crippen molar-refractivity contribution < 1.29 is 5.11 Å². The maximum Gasteiger partial charge on any atom is 0.0522 e. The van der Waals surface area contributed by atoms with Gasteiger partial charge in [-0.2, -0.15) is 0 Å². The van der Waals surface area contributed by atoms with Crippen LogP contribution < -0.4 is 0 Å². The van der Waals surface area contributed by atoms with E-state index in [2.05, 4.69) is 31.2 Å². The topological polar surface area (TPSA) is 20.2 Å². The van der Waals surface area contributed by atoms with Crippen LogP contribution in [0.2, 0.25) is 0 Å². The Labute approximate surface area is 90.8 Å². The van der Waals surface area contributed by atoms with Crippen LogP contribution in [0.25, 0.3) is 5.57 Å². The highest BCUT2D eigenvalue weighted by molar-refractivity contribution is 5.69. The van der Waals surface area contributed by atoms with E-state index >= 15 is 0 Å². The van der Waals surface area contributed by atoms with E-state index in [-0.39, 0.29) is 12.0 Å². The lowest BCUT2D eigenvalue weighted by Gasteiger charge is -2.27. The lowest BCUT2D eigenvalue weighted by molar-refractivity contribution is 0.187. The first kappa shape index (κ1) is 10.2. The first-order valence-corrected chi connectivity index (χ1v) is 5.28. The molecule has 0 bridgehead atoms. The van der Waals surface area contributed by atoms with Gasteiger partial charge in [0.25, 0.3) is 0 Å². The third-order valence-electron chi connectivity index (χ3n) is 2.90. The number of rotatable bonds is 2. The van der Waals surface area contributed by atoms with Crippen molar-refractivity contribution in [3.63, 3.8) is 0 Å². The molecule has 15 heavy (non-hydrogen) atoms. The molecular weight excluding hydrogens is 184 g/mol. The third kappa shape index (κ3) is 2.18. The maximum absolute atomic E-state index is 9.34. The van der Waals surface area contributed by atoms with Gasteiger partial charge in [0.15, 0.2) is 0 Å². The Morgan fingerprint density at radius 1 is 1.27 bits per heavy atom. The summed E-state index contributed by atoms with van der Waals surface area (Å²) in [4.78, 5) is 0. The number of aliphatic hydroxyl groups is 1. The van der Waals surface area contributed by atoms with Gasteiger partial charge in [-0.05, 0) is 17.6 Å². The van der Waals surface area contributed by atoms with Crippen molar-refractivity contribution in [1.82, 2.24) is 0 Å². The summed E-state index contributed by atoms with van der Waals surface area (Å²) in [6, 6.07) is 10.3. The molecule has 0 heterocycles. The highest BCUT2D eigenvalue weighted by Gasteiger charge is 2.23. The molecule has 1 nitrogen and oxygen atoms in total. The van der Waals surface area contributed by atoms with Crippen molar-refractivity contribution >= 4 is 5.57 Å². The van der Waals surface area contributed by atoms with Gasteiger partial charge in [-0.15, -0.1) is 0 Å². The normalized spacial score (nSPS) is 25.1. The molecule has 1 N–H and O–H groups in total. The van der Waals surface area contributed by atoms with Crippen LogP contribution in [0.3, 0.4) is 0 Å². The Bertz CT molecular complexity index is 389. The summed E-state index contributed by atoms with van der Waals surface area (Å²) in [5.41, 5.74) is 2.45. The fourth-order valence-electron chi connectivity index (χ4n) is 1.91. The van der Waals surface area contributed by atoms with Gasteiger partial charge in [0.2, 0.25) is 0 Å². The van der Waals surface area contributed by atoms with Crippen molar-refractivity contribution in [2.24, 2.45) is 5.41 Å². The maximum atomic E-state index is 9.34. The quantitative estimate of drug-likeness (QED) is 0.778. The summed E-state index contributed by atoms with van der Waals surface area (Å²) in [7, 11) is 0. The predicted molar refractivity (Wildman–Crippen MR) is 63.4 cm³/mol. The monoisotopic (exact) mass is 200 g/mol. The van der Waals surface area contributed by atoms with Gasteiger partial charge in [-0.1, -0.05) is 55.5 Å². The number of benzene rings is 1. The van der Waals surface area contributed by atoms with E-state index in [4.69, 9.17) is 0 Å². The van der Waals surface area contributed by atoms with E-state index in [0.717, 1.165) is 6.42 Å². The molecule has 0 fully saturated rings. The number of hydrogen-bond acceptors (Lipinski definition) is 1. The van der Waals surface area contributed by atoms with Gasteiger partial charge in [0.05, 0.1) is 6.61 Å². The molecule has 1 aliphatic carbocycles. The van der Waals surface area contributed by atoms with Gasteiger partial charge in [-0.25, -0.2) is 0 Å². The Hall–Kier alpha value is -1.34. The Morgan fingerprint density at radius 2 is 2.00 bits per heavy atom. The molecule has 0 radical (unpaired) electrons. The number of hydrogen-bond donors (Lipinski definition) is 1. The van der Waals surface area contributed by atoms with Crippen molar-refractivity contribution in [3.05, 3.63) is 54.1 Å². The predicted octanol–water partition coefficient (Wildman–Crippen LogP) is 3.03. The van der Waals surface area contributed by atoms with Crippen LogP contribution in [0.4, 0.5) is 0 Å². The van der Waals surface area contributed by atoms with Crippen LogP contribution in [0.1, 0.15) is 18.9 Å². The Balaban J connectivity index is 2.26. The second-order valence-electron chi connectivity index (χ2n) is 4.41. The molecule has 0 saturated heterocycles. The molecule has 0 aromatic heterocycles. The molecule has 1 aliphatic rings. The van der Waals surface area contributed by atoms with Crippen LogP contribution in [0, 0.1) is 5.41 Å². The minimum Gasteiger partial charge on any atom is -0.395 e. The molecule has 1 aromatic carbocycles. The van der Waals surface area contributed by atoms with Crippen LogP contribution >= 0.6 is 0 Å². The van der Waals surface area contributed by atoms with Gasteiger partial charge < -0.3 is 5.11 Å². The highest BCUT2D eigenvalue weighted by atomic mass is 16.3. The second-order valence-corrected chi connectivity index (χ2v) is 4.41. The van der Waals surface area contributed by atoms with Gasteiger partial charge >= 0.3 is 0 Å². The Kier molecular flexibility index (Phi) is 2.74. The zero-order valence-corrected chi connectivity index (χ0v) is 8.98. The van der Waals surface area contributed by atoms with Crippen LogP contribution in [0.5, 0.6) is 0 Å². The largest absolute Gasteiger partial charge is 0.395 e. The average molecular weight is 200 g/mol. The van der Waals surface area contributed by atoms with Gasteiger partial charge in [0, 0.05) is 5.41 Å². The molecular formula is C14H16O. The molecule has 0 aliphatic heterocycles. The number of allylic oxidation sites excluding steroid dienone is 3. The fraction of sp³-hybridized carbons (Fsp3) is 0.286. The first-order chi connectivity index (χ1) is 7.23. The molecule has 2 rings (SSSR count). The zero-order valence-electron chi connectivity index (χ0n) is 8.98. The minimum atomic E-state index is -0.0973. The summed E-state index contributed by atoms with van der Waals surface area (Å²) in [5.74, 6) is 0. The smallest absolute Gasteiger partial charge is 0.0522 e. The van der Waals surface area contributed by atoms with E-state index in [1.54, 1.807) is 0 Å². The second kappa shape index (κ2) is 4.03. The summed E-state index contributed by atoms with van der Waals surface area (Å²) in [6.07, 6.45) is 7.16. The Morgan fingerprint density at radius 3 is 2.67 bits per heavy atom. The zero-order chi connectivity index (χ0) is 10.7. The summed E-state index contributed by atoms with van der Waals surface area (Å²) in [5, 5.41) is 9.34. The molecule has 1 aromatic rings. The van der Waals surface area contributed by atoms with Gasteiger partial charge in [0.1, 0.15) is 0 Å². The molecule has 1 unspecified atom stereocenters. The summed E-state index contributed by atoms with van der Waals surface area (Å²) < 4.78 is 0. The van der Waals surface area contributed by atoms with E-state index < -0.39 is 0 Å². The summed E-state index contributed by atoms with van der Waals surface area (Å²) in [6.45, 7) is 2.28. The lowest BCUT2D eigenvalue weighted by atomic mass is 9.79. The van der Waals surface area contributed by atoms with Crippen LogP contribution in [-0.2, 0) is 0 Å². The standard InChI is InChI=1S/C14H16O/c1-14(11-15)9-5-8-13(10-14)12-6-3-2-4-7-12/h2-9,15H,10-11H2,1H3. The average Bonchev–Trinajstić information content (AvgIpc) is 2.30. The SMILES string of the molecule is CC1(CO)C=CC=C(c2ccccc2)C1. The number of aliphatic hydroxyl groups excluding tert-OH is 1. The first-order valence-electron chi connectivity index (χ1n) is 5.28. The molecule has 0 saturated carbocycles.